The summed E-state index contributed by atoms with van der Waals surface area (Å²) in [5.41, 5.74) is 2.61. The summed E-state index contributed by atoms with van der Waals surface area (Å²) in [6.07, 6.45) is 5.75. The Morgan fingerprint density at radius 2 is 2.00 bits per heavy atom. The predicted octanol–water partition coefficient (Wildman–Crippen LogP) is 4.57. The number of amides is 1. The molecule has 2 aliphatic heterocycles. The average molecular weight is 419 g/mol. The second-order valence-corrected chi connectivity index (χ2v) is 9.83. The fraction of sp³-hybridized carbons (Fsp3) is 0.577. The molecule has 2 fully saturated rings. The maximum absolute atomic E-state index is 13.2. The lowest BCUT2D eigenvalue weighted by molar-refractivity contribution is -0.134. The van der Waals surface area contributed by atoms with E-state index in [0.717, 1.165) is 56.3 Å². The molecule has 2 aliphatic rings. The fourth-order valence-corrected chi connectivity index (χ4v) is 5.47. The molecule has 3 heterocycles. The van der Waals surface area contributed by atoms with Crippen molar-refractivity contribution in [3.63, 3.8) is 0 Å². The Bertz CT molecular complexity index is 971. The minimum absolute atomic E-state index is 0.287. The van der Waals surface area contributed by atoms with Crippen LogP contribution in [0.25, 0.3) is 10.9 Å². The number of pyridine rings is 1. The molecule has 2 atom stereocenters. The number of nitriles is 1. The summed E-state index contributed by atoms with van der Waals surface area (Å²) in [5.74, 6) is 1.58. The molecular weight excluding hydrogens is 384 g/mol. The SMILES string of the molecule is CC(C)N1CCC(CC(=O)N2CC(c3ccc(C#N)c4ncccc34)C[C@H](C)C2)CC1. The van der Waals surface area contributed by atoms with Gasteiger partial charge < -0.3 is 9.80 Å². The Balaban J connectivity index is 1.47. The summed E-state index contributed by atoms with van der Waals surface area (Å²) in [5, 5.41) is 10.5. The number of hydrogen-bond acceptors (Lipinski definition) is 4. The number of rotatable bonds is 4. The van der Waals surface area contributed by atoms with E-state index in [1.54, 1.807) is 6.20 Å². The largest absolute Gasteiger partial charge is 0.342 e. The maximum atomic E-state index is 13.2. The van der Waals surface area contributed by atoms with Gasteiger partial charge in [-0.1, -0.05) is 19.1 Å². The van der Waals surface area contributed by atoms with Gasteiger partial charge in [-0.15, -0.1) is 0 Å². The third kappa shape index (κ3) is 4.75. The second kappa shape index (κ2) is 9.36. The Morgan fingerprint density at radius 1 is 1.23 bits per heavy atom. The highest BCUT2D eigenvalue weighted by molar-refractivity contribution is 5.87. The third-order valence-corrected chi connectivity index (χ3v) is 7.22. The molecular formula is C26H34N4O. The summed E-state index contributed by atoms with van der Waals surface area (Å²) in [6, 6.07) is 10.8. The Labute approximate surface area is 186 Å². The van der Waals surface area contributed by atoms with Crippen molar-refractivity contribution in [3.05, 3.63) is 41.6 Å². The minimum Gasteiger partial charge on any atom is -0.342 e. The van der Waals surface area contributed by atoms with Gasteiger partial charge >= 0.3 is 0 Å². The van der Waals surface area contributed by atoms with Crippen molar-refractivity contribution in [3.8, 4) is 6.07 Å². The Morgan fingerprint density at radius 3 is 2.71 bits per heavy atom. The van der Waals surface area contributed by atoms with Crippen LogP contribution in [0.2, 0.25) is 0 Å². The number of carbonyl (C=O) groups is 1. The zero-order valence-corrected chi connectivity index (χ0v) is 19.1. The molecule has 1 unspecified atom stereocenters. The molecule has 4 rings (SSSR count). The van der Waals surface area contributed by atoms with Crippen LogP contribution in [-0.4, -0.2) is 52.9 Å². The molecule has 5 heteroatoms. The van der Waals surface area contributed by atoms with Crippen molar-refractivity contribution in [2.75, 3.05) is 26.2 Å². The minimum atomic E-state index is 0.287. The third-order valence-electron chi connectivity index (χ3n) is 7.22. The average Bonchev–Trinajstić information content (AvgIpc) is 2.78. The summed E-state index contributed by atoms with van der Waals surface area (Å²) in [7, 11) is 0. The lowest BCUT2D eigenvalue weighted by Gasteiger charge is -2.39. The molecule has 1 aromatic heterocycles. The van der Waals surface area contributed by atoms with E-state index in [-0.39, 0.29) is 5.92 Å². The van der Waals surface area contributed by atoms with Crippen molar-refractivity contribution in [1.82, 2.24) is 14.8 Å². The lowest BCUT2D eigenvalue weighted by atomic mass is 9.82. The number of aromatic nitrogens is 1. The first-order chi connectivity index (χ1) is 15.0. The van der Waals surface area contributed by atoms with Crippen LogP contribution in [-0.2, 0) is 4.79 Å². The van der Waals surface area contributed by atoms with Crippen molar-refractivity contribution in [2.45, 2.75) is 58.4 Å². The van der Waals surface area contributed by atoms with Crippen LogP contribution >= 0.6 is 0 Å². The highest BCUT2D eigenvalue weighted by Gasteiger charge is 2.31. The number of piperidine rings is 2. The smallest absolute Gasteiger partial charge is 0.222 e. The number of benzene rings is 1. The molecule has 0 saturated carbocycles. The lowest BCUT2D eigenvalue weighted by Crippen LogP contribution is -2.44. The van der Waals surface area contributed by atoms with Gasteiger partial charge in [-0.2, -0.15) is 5.26 Å². The Hall–Kier alpha value is -2.45. The van der Waals surface area contributed by atoms with Gasteiger partial charge in [0.1, 0.15) is 6.07 Å². The molecule has 2 aromatic rings. The van der Waals surface area contributed by atoms with Crippen molar-refractivity contribution >= 4 is 16.8 Å². The van der Waals surface area contributed by atoms with Gasteiger partial charge in [0.15, 0.2) is 0 Å². The second-order valence-electron chi connectivity index (χ2n) is 9.83. The topological polar surface area (TPSA) is 60.2 Å². The fourth-order valence-electron chi connectivity index (χ4n) is 5.47. The summed E-state index contributed by atoms with van der Waals surface area (Å²) < 4.78 is 0. The Kier molecular flexibility index (Phi) is 6.57. The molecule has 1 aromatic carbocycles. The van der Waals surface area contributed by atoms with Gasteiger partial charge in [-0.05, 0) is 75.7 Å². The van der Waals surface area contributed by atoms with Crippen LogP contribution in [0.3, 0.4) is 0 Å². The standard InChI is InChI=1S/C26H34N4O/c1-18(2)29-11-8-20(9-12-29)14-25(31)30-16-19(3)13-22(17-30)23-7-6-21(15-27)26-24(23)5-4-10-28-26/h4-7,10,18-20,22H,8-9,11-14,16-17H2,1-3H3/t19-,22?/m0/s1. The van der Waals surface area contributed by atoms with Crippen LogP contribution in [0.1, 0.15) is 63.5 Å². The van der Waals surface area contributed by atoms with E-state index in [2.05, 4.69) is 53.8 Å². The molecule has 0 spiro atoms. The van der Waals surface area contributed by atoms with Crippen LogP contribution < -0.4 is 0 Å². The van der Waals surface area contributed by atoms with Crippen molar-refractivity contribution in [2.24, 2.45) is 11.8 Å². The highest BCUT2D eigenvalue weighted by Crippen LogP contribution is 2.35. The van der Waals surface area contributed by atoms with Gasteiger partial charge in [-0.25, -0.2) is 0 Å². The molecule has 0 N–H and O–H groups in total. The van der Waals surface area contributed by atoms with Gasteiger partial charge in [0.25, 0.3) is 0 Å². The summed E-state index contributed by atoms with van der Waals surface area (Å²) in [6.45, 7) is 10.6. The predicted molar refractivity (Wildman–Crippen MR) is 124 cm³/mol. The van der Waals surface area contributed by atoms with Gasteiger partial charge in [-0.3, -0.25) is 9.78 Å². The number of fused-ring (bicyclic) bond motifs is 1. The molecule has 31 heavy (non-hydrogen) atoms. The van der Waals surface area contributed by atoms with E-state index < -0.39 is 0 Å². The van der Waals surface area contributed by atoms with Crippen molar-refractivity contribution < 1.29 is 4.79 Å². The first-order valence-corrected chi connectivity index (χ1v) is 11.8. The first-order valence-electron chi connectivity index (χ1n) is 11.8. The quantitative estimate of drug-likeness (QED) is 0.730. The van der Waals surface area contributed by atoms with Crippen molar-refractivity contribution in [1.29, 1.82) is 5.26 Å². The molecule has 164 valence electrons. The van der Waals surface area contributed by atoms with E-state index in [1.807, 2.05) is 12.1 Å². The van der Waals surface area contributed by atoms with E-state index >= 15 is 0 Å². The molecule has 0 bridgehead atoms. The van der Waals surface area contributed by atoms with Gasteiger partial charge in [0, 0.05) is 43.1 Å². The first kappa shape index (κ1) is 21.8. The number of nitrogens with zero attached hydrogens (tertiary/aromatic N) is 4. The zero-order valence-electron chi connectivity index (χ0n) is 19.1. The number of likely N-dealkylation sites (tertiary alicyclic amines) is 2. The number of carbonyl (C=O) groups excluding carboxylic acids is 1. The monoisotopic (exact) mass is 418 g/mol. The normalized spacial score (nSPS) is 23.3. The number of hydrogen-bond donors (Lipinski definition) is 0. The van der Waals surface area contributed by atoms with Crippen LogP contribution in [0.15, 0.2) is 30.5 Å². The van der Waals surface area contributed by atoms with Gasteiger partial charge in [0.2, 0.25) is 5.91 Å². The van der Waals surface area contributed by atoms with Crippen LogP contribution in [0.4, 0.5) is 0 Å². The van der Waals surface area contributed by atoms with Gasteiger partial charge in [0.05, 0.1) is 11.1 Å². The van der Waals surface area contributed by atoms with Crippen LogP contribution in [0, 0.1) is 23.2 Å². The van der Waals surface area contributed by atoms with E-state index in [1.165, 1.54) is 5.56 Å². The summed E-state index contributed by atoms with van der Waals surface area (Å²) in [4.78, 5) is 22.3. The van der Waals surface area contributed by atoms with Crippen LogP contribution in [0.5, 0.6) is 0 Å². The van der Waals surface area contributed by atoms with E-state index in [4.69, 9.17) is 0 Å². The molecule has 2 saturated heterocycles. The van der Waals surface area contributed by atoms with E-state index in [0.29, 0.717) is 35.8 Å². The molecule has 5 nitrogen and oxygen atoms in total. The zero-order chi connectivity index (χ0) is 22.0. The molecule has 1 amide bonds. The maximum Gasteiger partial charge on any atom is 0.222 e. The molecule has 0 radical (unpaired) electrons. The summed E-state index contributed by atoms with van der Waals surface area (Å²) >= 11 is 0. The molecule has 0 aliphatic carbocycles. The highest BCUT2D eigenvalue weighted by atomic mass is 16.2. The van der Waals surface area contributed by atoms with E-state index in [9.17, 15) is 10.1 Å².